The third-order valence-electron chi connectivity index (χ3n) is 3.86. The van der Waals surface area contributed by atoms with Crippen molar-refractivity contribution in [3.05, 3.63) is 59.9 Å². The van der Waals surface area contributed by atoms with Crippen molar-refractivity contribution in [1.29, 1.82) is 0 Å². The van der Waals surface area contributed by atoms with Gasteiger partial charge in [0.1, 0.15) is 12.4 Å². The van der Waals surface area contributed by atoms with E-state index < -0.39 is 0 Å². The summed E-state index contributed by atoms with van der Waals surface area (Å²) in [7, 11) is 0. The van der Waals surface area contributed by atoms with Crippen molar-refractivity contribution in [2.75, 3.05) is 12.1 Å². The van der Waals surface area contributed by atoms with E-state index in [2.05, 4.69) is 10.3 Å². The third kappa shape index (κ3) is 6.52. The van der Waals surface area contributed by atoms with Gasteiger partial charge in [0.25, 0.3) is 0 Å². The number of nitrogens with one attached hydrogen (secondary N) is 1. The summed E-state index contributed by atoms with van der Waals surface area (Å²) in [6.07, 6.45) is 4.48. The molecule has 1 aromatic heterocycles. The summed E-state index contributed by atoms with van der Waals surface area (Å²) in [4.78, 5) is 16.6. The molecule has 0 aliphatic carbocycles. The molecule has 0 spiro atoms. The first-order valence-electron chi connectivity index (χ1n) is 8.48. The number of aromatic nitrogens is 1. The predicted molar refractivity (Wildman–Crippen MR) is 104 cm³/mol. The van der Waals surface area contributed by atoms with Crippen molar-refractivity contribution in [2.24, 2.45) is 5.92 Å². The quantitative estimate of drug-likeness (QED) is 0.656. The standard InChI is InChI=1S/C20H26N2O2S/c1-15(2)20(23)19(22-14-25-3)12-16-7-9-18(10-8-16)24-13-17-6-4-5-11-21-17/h4-11,15,19,22H,12-14H2,1-3H3/t19-/m0/s1. The van der Waals surface area contributed by atoms with Crippen LogP contribution < -0.4 is 10.1 Å². The second kappa shape index (κ2) is 10.2. The Morgan fingerprint density at radius 3 is 2.56 bits per heavy atom. The fourth-order valence-electron chi connectivity index (χ4n) is 2.46. The first-order valence-corrected chi connectivity index (χ1v) is 9.87. The molecule has 1 atom stereocenters. The van der Waals surface area contributed by atoms with Crippen LogP contribution >= 0.6 is 11.8 Å². The number of hydrogen-bond donors (Lipinski definition) is 1. The lowest BCUT2D eigenvalue weighted by Gasteiger charge is -2.19. The zero-order valence-electron chi connectivity index (χ0n) is 15.1. The van der Waals surface area contributed by atoms with Crippen LogP contribution in [0.5, 0.6) is 5.75 Å². The summed E-state index contributed by atoms with van der Waals surface area (Å²) in [5, 5.41) is 3.33. The van der Waals surface area contributed by atoms with Crippen LogP contribution in [0.2, 0.25) is 0 Å². The molecule has 4 nitrogen and oxygen atoms in total. The van der Waals surface area contributed by atoms with Crippen LogP contribution in [0.15, 0.2) is 48.7 Å². The highest BCUT2D eigenvalue weighted by atomic mass is 32.2. The Balaban J connectivity index is 1.94. The number of hydrogen-bond acceptors (Lipinski definition) is 5. The van der Waals surface area contributed by atoms with Gasteiger partial charge in [-0.25, -0.2) is 0 Å². The summed E-state index contributed by atoms with van der Waals surface area (Å²) < 4.78 is 5.75. The smallest absolute Gasteiger partial charge is 0.152 e. The number of carbonyl (C=O) groups is 1. The fraction of sp³-hybridized carbons (Fsp3) is 0.400. The molecule has 0 aliphatic rings. The van der Waals surface area contributed by atoms with Gasteiger partial charge in [-0.1, -0.05) is 32.0 Å². The number of benzene rings is 1. The third-order valence-corrected chi connectivity index (χ3v) is 4.32. The van der Waals surface area contributed by atoms with Gasteiger partial charge in [0, 0.05) is 18.0 Å². The monoisotopic (exact) mass is 358 g/mol. The molecule has 0 saturated carbocycles. The lowest BCUT2D eigenvalue weighted by molar-refractivity contribution is -0.123. The van der Waals surface area contributed by atoms with Crippen molar-refractivity contribution in [2.45, 2.75) is 32.9 Å². The second-order valence-corrected chi connectivity index (χ2v) is 7.07. The molecule has 0 fully saturated rings. The summed E-state index contributed by atoms with van der Waals surface area (Å²) in [6, 6.07) is 13.6. The van der Waals surface area contributed by atoms with E-state index in [9.17, 15) is 4.79 Å². The largest absolute Gasteiger partial charge is 0.487 e. The summed E-state index contributed by atoms with van der Waals surface area (Å²) >= 11 is 1.69. The zero-order valence-corrected chi connectivity index (χ0v) is 15.9. The van der Waals surface area contributed by atoms with Crippen LogP contribution in [0.25, 0.3) is 0 Å². The summed E-state index contributed by atoms with van der Waals surface area (Å²) in [5.41, 5.74) is 2.02. The molecule has 2 aromatic rings. The number of ether oxygens (including phenoxy) is 1. The average molecular weight is 359 g/mol. The molecular formula is C20H26N2O2S. The van der Waals surface area contributed by atoms with Gasteiger partial charge in [-0.3, -0.25) is 15.1 Å². The zero-order chi connectivity index (χ0) is 18.1. The number of carbonyl (C=O) groups excluding carboxylic acids is 1. The Bertz CT molecular complexity index is 645. The second-order valence-electron chi connectivity index (χ2n) is 6.20. The minimum absolute atomic E-state index is 0.0281. The molecule has 0 saturated heterocycles. The van der Waals surface area contributed by atoms with Crippen molar-refractivity contribution in [3.8, 4) is 5.75 Å². The Labute approximate surface area is 154 Å². The maximum atomic E-state index is 12.4. The minimum atomic E-state index is -0.146. The van der Waals surface area contributed by atoms with Gasteiger partial charge in [-0.2, -0.15) is 0 Å². The number of rotatable bonds is 10. The maximum absolute atomic E-state index is 12.4. The normalized spacial score (nSPS) is 12.2. The predicted octanol–water partition coefficient (Wildman–Crippen LogP) is 3.71. The van der Waals surface area contributed by atoms with Gasteiger partial charge in [0.2, 0.25) is 0 Å². The molecule has 25 heavy (non-hydrogen) atoms. The molecule has 0 bridgehead atoms. The Kier molecular flexibility index (Phi) is 7.95. The Hall–Kier alpha value is -1.85. The van der Waals surface area contributed by atoms with Crippen LogP contribution in [0.4, 0.5) is 0 Å². The first kappa shape index (κ1) is 19.5. The van der Waals surface area contributed by atoms with Gasteiger partial charge in [-0.05, 0) is 42.5 Å². The van der Waals surface area contributed by atoms with Crippen molar-refractivity contribution >= 4 is 17.5 Å². The highest BCUT2D eigenvalue weighted by molar-refractivity contribution is 7.98. The number of pyridine rings is 1. The molecule has 0 unspecified atom stereocenters. The number of nitrogens with zero attached hydrogens (tertiary/aromatic N) is 1. The Morgan fingerprint density at radius 1 is 1.20 bits per heavy atom. The molecule has 134 valence electrons. The number of ketones is 1. The van der Waals surface area contributed by atoms with Gasteiger partial charge < -0.3 is 4.74 Å². The number of thioether (sulfide) groups is 1. The first-order chi connectivity index (χ1) is 12.1. The summed E-state index contributed by atoms with van der Waals surface area (Å²) in [6.45, 7) is 4.35. The van der Waals surface area contributed by atoms with E-state index in [1.807, 2.05) is 62.6 Å². The average Bonchev–Trinajstić information content (AvgIpc) is 2.64. The molecule has 1 N–H and O–H groups in total. The molecule has 1 heterocycles. The minimum Gasteiger partial charge on any atom is -0.487 e. The van der Waals surface area contributed by atoms with E-state index in [0.29, 0.717) is 13.0 Å². The van der Waals surface area contributed by atoms with E-state index in [1.165, 1.54) is 0 Å². The van der Waals surface area contributed by atoms with Gasteiger partial charge in [0.15, 0.2) is 5.78 Å². The molecule has 0 radical (unpaired) electrons. The highest BCUT2D eigenvalue weighted by Crippen LogP contribution is 2.16. The lowest BCUT2D eigenvalue weighted by atomic mass is 9.96. The highest BCUT2D eigenvalue weighted by Gasteiger charge is 2.20. The number of Topliss-reactive ketones (excluding diaryl/α,β-unsaturated/α-hetero) is 1. The van der Waals surface area contributed by atoms with Gasteiger partial charge in [-0.15, -0.1) is 11.8 Å². The molecular weight excluding hydrogens is 332 g/mol. The van der Waals surface area contributed by atoms with Gasteiger partial charge in [0.05, 0.1) is 11.7 Å². The van der Waals surface area contributed by atoms with E-state index in [0.717, 1.165) is 22.9 Å². The fourth-order valence-corrected chi connectivity index (χ4v) is 2.83. The maximum Gasteiger partial charge on any atom is 0.152 e. The van der Waals surface area contributed by atoms with Crippen LogP contribution in [-0.2, 0) is 17.8 Å². The van der Waals surface area contributed by atoms with Crippen LogP contribution in [0.3, 0.4) is 0 Å². The van der Waals surface area contributed by atoms with Crippen LogP contribution in [0, 0.1) is 5.92 Å². The topological polar surface area (TPSA) is 51.2 Å². The van der Waals surface area contributed by atoms with Crippen molar-refractivity contribution in [1.82, 2.24) is 10.3 Å². The lowest BCUT2D eigenvalue weighted by Crippen LogP contribution is -2.40. The molecule has 0 aliphatic heterocycles. The van der Waals surface area contributed by atoms with Gasteiger partial charge >= 0.3 is 0 Å². The molecule has 5 heteroatoms. The Morgan fingerprint density at radius 2 is 1.96 bits per heavy atom. The molecule has 2 rings (SSSR count). The molecule has 1 aromatic carbocycles. The summed E-state index contributed by atoms with van der Waals surface area (Å²) in [5.74, 6) is 1.86. The SMILES string of the molecule is CSCN[C@@H](Cc1ccc(OCc2ccccn2)cc1)C(=O)C(C)C. The van der Waals surface area contributed by atoms with Crippen LogP contribution in [0.1, 0.15) is 25.1 Å². The van der Waals surface area contributed by atoms with Crippen LogP contribution in [-0.4, -0.2) is 28.9 Å². The van der Waals surface area contributed by atoms with E-state index in [4.69, 9.17) is 4.74 Å². The van der Waals surface area contributed by atoms with E-state index >= 15 is 0 Å². The van der Waals surface area contributed by atoms with E-state index in [-0.39, 0.29) is 17.7 Å². The van der Waals surface area contributed by atoms with E-state index in [1.54, 1.807) is 18.0 Å². The molecule has 0 amide bonds. The van der Waals surface area contributed by atoms with Crippen molar-refractivity contribution < 1.29 is 9.53 Å². The van der Waals surface area contributed by atoms with Crippen molar-refractivity contribution in [3.63, 3.8) is 0 Å².